The number of benzene rings is 1. The lowest BCUT2D eigenvalue weighted by Gasteiger charge is -2.20. The summed E-state index contributed by atoms with van der Waals surface area (Å²) in [5, 5.41) is 11.2. The maximum absolute atomic E-state index is 11.8. The van der Waals surface area contributed by atoms with Crippen LogP contribution in [0.3, 0.4) is 0 Å². The van der Waals surface area contributed by atoms with E-state index in [-0.39, 0.29) is 6.42 Å². The van der Waals surface area contributed by atoms with E-state index in [1.807, 2.05) is 32.0 Å². The van der Waals surface area contributed by atoms with Gasteiger partial charge in [0.2, 0.25) is 5.91 Å². The van der Waals surface area contributed by atoms with Crippen LogP contribution in [0.4, 0.5) is 0 Å². The van der Waals surface area contributed by atoms with Crippen LogP contribution in [0.2, 0.25) is 0 Å². The van der Waals surface area contributed by atoms with Crippen LogP contribution in [0.25, 0.3) is 0 Å². The summed E-state index contributed by atoms with van der Waals surface area (Å²) in [6.07, 6.45) is 1.62. The average Bonchev–Trinajstić information content (AvgIpc) is 2.47. The zero-order valence-electron chi connectivity index (χ0n) is 12.8. The highest BCUT2D eigenvalue weighted by Gasteiger charge is 2.20. The van der Waals surface area contributed by atoms with Crippen molar-refractivity contribution in [3.05, 3.63) is 47.0 Å². The molecule has 118 valence electrons. The van der Waals surface area contributed by atoms with Crippen molar-refractivity contribution < 1.29 is 24.2 Å². The highest BCUT2D eigenvalue weighted by molar-refractivity contribution is 5.94. The lowest BCUT2D eigenvalue weighted by Crippen LogP contribution is -2.30. The number of carbonyl (C=O) groups is 3. The summed E-state index contributed by atoms with van der Waals surface area (Å²) in [4.78, 5) is 33.8. The lowest BCUT2D eigenvalue weighted by molar-refractivity contribution is -0.141. The Morgan fingerprint density at radius 3 is 2.55 bits per heavy atom. The number of aryl methyl sites for hydroxylation is 1. The van der Waals surface area contributed by atoms with E-state index in [1.54, 1.807) is 0 Å². The second-order valence-electron chi connectivity index (χ2n) is 4.80. The summed E-state index contributed by atoms with van der Waals surface area (Å²) in [5.41, 5.74) is 2.78. The van der Waals surface area contributed by atoms with Crippen LogP contribution in [0.1, 0.15) is 29.2 Å². The summed E-state index contributed by atoms with van der Waals surface area (Å²) in [7, 11) is 1.27. The smallest absolute Gasteiger partial charge is 0.328 e. The second-order valence-corrected chi connectivity index (χ2v) is 4.80. The van der Waals surface area contributed by atoms with Gasteiger partial charge in [-0.15, -0.1) is 0 Å². The first kappa shape index (κ1) is 17.4. The second kappa shape index (κ2) is 7.97. The molecule has 1 aromatic carbocycles. The first-order valence-corrected chi connectivity index (χ1v) is 6.69. The Labute approximate surface area is 128 Å². The van der Waals surface area contributed by atoms with Gasteiger partial charge in [0.25, 0.3) is 0 Å². The van der Waals surface area contributed by atoms with Gasteiger partial charge in [0.15, 0.2) is 0 Å². The molecule has 0 aliphatic rings. The highest BCUT2D eigenvalue weighted by Crippen LogP contribution is 2.23. The van der Waals surface area contributed by atoms with Crippen molar-refractivity contribution in [2.45, 2.75) is 26.3 Å². The third-order valence-electron chi connectivity index (χ3n) is 3.31. The van der Waals surface area contributed by atoms with Gasteiger partial charge < -0.3 is 15.2 Å². The summed E-state index contributed by atoms with van der Waals surface area (Å²) in [6.45, 7) is 3.83. The van der Waals surface area contributed by atoms with E-state index < -0.39 is 23.9 Å². The Morgan fingerprint density at radius 1 is 1.27 bits per heavy atom. The Morgan fingerprint density at radius 2 is 1.95 bits per heavy atom. The summed E-state index contributed by atoms with van der Waals surface area (Å²) in [6, 6.07) is 5.00. The number of nitrogens with one attached hydrogen (secondary N) is 1. The molecule has 0 saturated heterocycles. The summed E-state index contributed by atoms with van der Waals surface area (Å²) in [5.74, 6) is -2.27. The van der Waals surface area contributed by atoms with Gasteiger partial charge in [0, 0.05) is 12.2 Å². The molecule has 1 amide bonds. The topological polar surface area (TPSA) is 92.7 Å². The van der Waals surface area contributed by atoms with Gasteiger partial charge >= 0.3 is 11.9 Å². The number of aliphatic carboxylic acids is 1. The van der Waals surface area contributed by atoms with Gasteiger partial charge in [-0.3, -0.25) is 9.59 Å². The van der Waals surface area contributed by atoms with E-state index in [9.17, 15) is 14.4 Å². The zero-order valence-corrected chi connectivity index (χ0v) is 12.8. The van der Waals surface area contributed by atoms with Crippen LogP contribution in [0.15, 0.2) is 30.4 Å². The van der Waals surface area contributed by atoms with Crippen LogP contribution in [-0.4, -0.2) is 30.1 Å². The van der Waals surface area contributed by atoms with Crippen LogP contribution in [-0.2, 0) is 19.1 Å². The van der Waals surface area contributed by atoms with Crippen molar-refractivity contribution in [2.75, 3.05) is 7.11 Å². The maximum Gasteiger partial charge on any atom is 0.328 e. The number of carbonyl (C=O) groups excluding carboxylic acids is 2. The minimum absolute atomic E-state index is 0.0343. The molecule has 0 spiro atoms. The van der Waals surface area contributed by atoms with Crippen LogP contribution < -0.4 is 5.32 Å². The van der Waals surface area contributed by atoms with Crippen molar-refractivity contribution in [1.82, 2.24) is 5.32 Å². The Balaban J connectivity index is 3.03. The third-order valence-corrected chi connectivity index (χ3v) is 3.31. The van der Waals surface area contributed by atoms with E-state index in [0.717, 1.165) is 28.8 Å². The molecule has 0 aromatic heterocycles. The molecule has 0 fully saturated rings. The molecule has 0 radical (unpaired) electrons. The monoisotopic (exact) mass is 305 g/mol. The summed E-state index contributed by atoms with van der Waals surface area (Å²) >= 11 is 0. The number of hydrogen-bond donors (Lipinski definition) is 2. The van der Waals surface area contributed by atoms with Gasteiger partial charge in [-0.2, -0.15) is 0 Å². The molecule has 1 rings (SSSR count). The number of esters is 1. The number of amides is 1. The summed E-state index contributed by atoms with van der Waals surface area (Å²) < 4.78 is 4.65. The van der Waals surface area contributed by atoms with Gasteiger partial charge in [0.05, 0.1) is 19.6 Å². The Bertz CT molecular complexity index is 607. The molecular formula is C16H19NO5. The quantitative estimate of drug-likeness (QED) is 0.616. The normalized spacial score (nSPS) is 12.0. The number of carboxylic acid groups (broad SMARTS) is 1. The predicted molar refractivity (Wildman–Crippen MR) is 80.2 cm³/mol. The minimum Gasteiger partial charge on any atom is -0.478 e. The highest BCUT2D eigenvalue weighted by atomic mass is 16.5. The standard InChI is InChI=1S/C16H19NO5/c1-10-5-4-6-12(11(10)2)13(9-16(21)22-3)17-14(18)7-8-15(19)20/h4-8,13H,9H2,1-3H3,(H,17,18)(H,19,20)/b8-7-. The van der Waals surface area contributed by atoms with Gasteiger partial charge in [-0.1, -0.05) is 18.2 Å². The SMILES string of the molecule is COC(=O)CC(NC(=O)/C=C\C(=O)O)c1cccc(C)c1C. The molecule has 6 heteroatoms. The number of carboxylic acids is 1. The van der Waals surface area contributed by atoms with Crippen molar-refractivity contribution in [1.29, 1.82) is 0 Å². The molecule has 0 aliphatic heterocycles. The number of ether oxygens (including phenoxy) is 1. The lowest BCUT2D eigenvalue weighted by atomic mass is 9.95. The zero-order chi connectivity index (χ0) is 16.7. The molecule has 0 saturated carbocycles. The number of methoxy groups -OCH3 is 1. The minimum atomic E-state index is -1.22. The molecule has 1 unspecified atom stereocenters. The molecule has 0 heterocycles. The molecule has 1 atom stereocenters. The van der Waals surface area contributed by atoms with Crippen molar-refractivity contribution in [3.63, 3.8) is 0 Å². The maximum atomic E-state index is 11.8. The number of rotatable bonds is 6. The Kier molecular flexibility index (Phi) is 6.31. The predicted octanol–water partition coefficient (Wildman–Crippen LogP) is 1.66. The Hall–Kier alpha value is -2.63. The molecule has 22 heavy (non-hydrogen) atoms. The van der Waals surface area contributed by atoms with Crippen LogP contribution in [0, 0.1) is 13.8 Å². The molecule has 0 aliphatic carbocycles. The molecule has 1 aromatic rings. The first-order valence-electron chi connectivity index (χ1n) is 6.69. The largest absolute Gasteiger partial charge is 0.478 e. The third kappa shape index (κ3) is 5.05. The average molecular weight is 305 g/mol. The molecule has 6 nitrogen and oxygen atoms in total. The van der Waals surface area contributed by atoms with Gasteiger partial charge in [0.1, 0.15) is 0 Å². The van der Waals surface area contributed by atoms with E-state index >= 15 is 0 Å². The fourth-order valence-electron chi connectivity index (χ4n) is 2.01. The van der Waals surface area contributed by atoms with Gasteiger partial charge in [-0.05, 0) is 30.5 Å². The van der Waals surface area contributed by atoms with E-state index in [0.29, 0.717) is 0 Å². The van der Waals surface area contributed by atoms with Crippen molar-refractivity contribution >= 4 is 17.8 Å². The van der Waals surface area contributed by atoms with Crippen LogP contribution in [0.5, 0.6) is 0 Å². The van der Waals surface area contributed by atoms with Crippen molar-refractivity contribution in [3.8, 4) is 0 Å². The fourth-order valence-corrected chi connectivity index (χ4v) is 2.01. The van der Waals surface area contributed by atoms with Crippen molar-refractivity contribution in [2.24, 2.45) is 0 Å². The van der Waals surface area contributed by atoms with E-state index in [2.05, 4.69) is 10.1 Å². The molecular weight excluding hydrogens is 286 g/mol. The van der Waals surface area contributed by atoms with Crippen LogP contribution >= 0.6 is 0 Å². The first-order chi connectivity index (χ1) is 10.3. The molecule has 0 bridgehead atoms. The van der Waals surface area contributed by atoms with Gasteiger partial charge in [-0.25, -0.2) is 4.79 Å². The van der Waals surface area contributed by atoms with E-state index in [4.69, 9.17) is 5.11 Å². The number of hydrogen-bond acceptors (Lipinski definition) is 4. The molecule has 2 N–H and O–H groups in total. The fraction of sp³-hybridized carbons (Fsp3) is 0.312. The van der Waals surface area contributed by atoms with E-state index in [1.165, 1.54) is 7.11 Å².